The maximum absolute atomic E-state index is 11.7. The largest absolute Gasteiger partial charge is 0.497 e. The monoisotopic (exact) mass is 417 g/mol. The van der Waals surface area contributed by atoms with E-state index in [4.69, 9.17) is 21.6 Å². The van der Waals surface area contributed by atoms with Crippen LogP contribution in [0.25, 0.3) is 0 Å². The Hall–Kier alpha value is -2.32. The van der Waals surface area contributed by atoms with Gasteiger partial charge in [0.05, 0.1) is 13.2 Å². The molecule has 1 aromatic carbocycles. The van der Waals surface area contributed by atoms with Crippen LogP contribution in [-0.2, 0) is 4.79 Å². The Morgan fingerprint density at radius 2 is 2.07 bits per heavy atom. The molecule has 7 heteroatoms. The summed E-state index contributed by atoms with van der Waals surface area (Å²) in [6.45, 7) is 2.48. The second-order valence-corrected chi connectivity index (χ2v) is 6.68. The Morgan fingerprint density at radius 3 is 2.76 bits per heavy atom. The molecule has 0 radical (unpaired) electrons. The van der Waals surface area contributed by atoms with Gasteiger partial charge in [-0.1, -0.05) is 11.8 Å². The zero-order chi connectivity index (χ0) is 20.2. The number of hydrogen-bond donors (Lipinski definition) is 3. The molecule has 1 amide bonds. The smallest absolute Gasteiger partial charge is 0.237 e. The average molecular weight is 418 g/mol. The molecule has 1 heterocycles. The van der Waals surface area contributed by atoms with Crippen molar-refractivity contribution in [2.45, 2.75) is 44.2 Å². The van der Waals surface area contributed by atoms with Crippen molar-refractivity contribution in [3.63, 3.8) is 0 Å². The maximum Gasteiger partial charge on any atom is 0.237 e. The van der Waals surface area contributed by atoms with Gasteiger partial charge in [0.15, 0.2) is 0 Å². The van der Waals surface area contributed by atoms with E-state index in [-0.39, 0.29) is 31.9 Å². The molecule has 6 nitrogen and oxygen atoms in total. The number of carbonyl (C=O) groups excluding carboxylic acids is 1. The molecular weight excluding hydrogens is 386 g/mol. The Morgan fingerprint density at radius 1 is 1.34 bits per heavy atom. The van der Waals surface area contributed by atoms with Crippen molar-refractivity contribution in [3.05, 3.63) is 23.8 Å². The Balaban J connectivity index is 0.00000420. The van der Waals surface area contributed by atoms with Gasteiger partial charge < -0.3 is 25.8 Å². The van der Waals surface area contributed by atoms with Crippen LogP contribution in [0.2, 0.25) is 0 Å². The number of nitrogens with one attached hydrogen (secondary N) is 2. The van der Waals surface area contributed by atoms with Crippen molar-refractivity contribution in [2.75, 3.05) is 26.7 Å². The van der Waals surface area contributed by atoms with Crippen LogP contribution in [-0.4, -0.2) is 44.8 Å². The number of terminal acetylenes is 1. The van der Waals surface area contributed by atoms with Gasteiger partial charge in [0.2, 0.25) is 5.91 Å². The second-order valence-electron chi connectivity index (χ2n) is 6.68. The van der Waals surface area contributed by atoms with Crippen LogP contribution >= 0.6 is 13.5 Å². The van der Waals surface area contributed by atoms with Crippen LogP contribution in [0, 0.1) is 24.2 Å². The van der Waals surface area contributed by atoms with Crippen LogP contribution in [0.5, 0.6) is 11.5 Å². The Bertz CT molecular complexity index is 746. The fourth-order valence-electron chi connectivity index (χ4n) is 2.84. The molecule has 1 saturated heterocycles. The van der Waals surface area contributed by atoms with Gasteiger partial charge in [-0.05, 0) is 44.5 Å². The first kappa shape index (κ1) is 24.7. The van der Waals surface area contributed by atoms with E-state index in [9.17, 15) is 4.79 Å². The van der Waals surface area contributed by atoms with Gasteiger partial charge in [0, 0.05) is 31.0 Å². The summed E-state index contributed by atoms with van der Waals surface area (Å²) in [5.74, 6) is 9.94. The third-order valence-corrected chi connectivity index (χ3v) is 4.39. The molecule has 1 atom stereocenters. The molecule has 0 bridgehead atoms. The third kappa shape index (κ3) is 9.15. The quantitative estimate of drug-likeness (QED) is 0.441. The van der Waals surface area contributed by atoms with E-state index >= 15 is 0 Å². The summed E-state index contributed by atoms with van der Waals surface area (Å²) in [7, 11) is 1.63. The maximum atomic E-state index is 11.7. The minimum absolute atomic E-state index is 0. The van der Waals surface area contributed by atoms with E-state index in [0.717, 1.165) is 49.4 Å². The lowest BCUT2D eigenvalue weighted by atomic mass is 10.1. The number of amides is 1. The van der Waals surface area contributed by atoms with Crippen molar-refractivity contribution >= 4 is 19.4 Å². The molecule has 1 fully saturated rings. The molecular formula is C22H31N3O3S. The van der Waals surface area contributed by atoms with E-state index in [2.05, 4.69) is 28.4 Å². The van der Waals surface area contributed by atoms with Gasteiger partial charge in [-0.25, -0.2) is 0 Å². The minimum Gasteiger partial charge on any atom is -0.497 e. The first-order valence-corrected chi connectivity index (χ1v) is 9.64. The zero-order valence-electron chi connectivity index (χ0n) is 16.9. The number of ether oxygens (including phenoxy) is 2. The lowest BCUT2D eigenvalue weighted by molar-refractivity contribution is -0.122. The molecule has 0 aromatic heterocycles. The standard InChI is InChI=1S/C22H29N3O3.H2S/c1-3-7-21(23)22(26)25-11-6-4-5-8-17-14-19(27-2)16-20(15-17)28-18-9-12-24-13-10-18;/h1,14-16,18,21,24H,4,6-7,9-13,23H2,2H3,(H,25,26);1H2/t21-;/m0./s1. The normalized spacial score (nSPS) is 14.4. The SMILES string of the molecule is C#CC[C@H](N)C(=O)NCCCC#Cc1cc(OC)cc(OC2CCNCC2)c1.S. The highest BCUT2D eigenvalue weighted by atomic mass is 32.1. The van der Waals surface area contributed by atoms with Crippen LogP contribution in [0.4, 0.5) is 0 Å². The van der Waals surface area contributed by atoms with Gasteiger partial charge >= 0.3 is 0 Å². The third-order valence-electron chi connectivity index (χ3n) is 4.39. The van der Waals surface area contributed by atoms with Gasteiger partial charge in [0.25, 0.3) is 0 Å². The summed E-state index contributed by atoms with van der Waals surface area (Å²) < 4.78 is 11.5. The summed E-state index contributed by atoms with van der Waals surface area (Å²) in [4.78, 5) is 11.7. The molecule has 1 aliphatic rings. The second kappa shape index (κ2) is 13.8. The lowest BCUT2D eigenvalue weighted by Crippen LogP contribution is -2.40. The van der Waals surface area contributed by atoms with Gasteiger partial charge in [-0.3, -0.25) is 4.79 Å². The Labute approximate surface area is 180 Å². The molecule has 29 heavy (non-hydrogen) atoms. The lowest BCUT2D eigenvalue weighted by Gasteiger charge is -2.24. The van der Waals surface area contributed by atoms with E-state index in [1.165, 1.54) is 0 Å². The highest BCUT2D eigenvalue weighted by molar-refractivity contribution is 7.59. The molecule has 0 aliphatic carbocycles. The number of unbranched alkanes of at least 4 members (excludes halogenated alkanes) is 1. The molecule has 158 valence electrons. The van der Waals surface area contributed by atoms with E-state index < -0.39 is 6.04 Å². The summed E-state index contributed by atoms with van der Waals surface area (Å²) in [5.41, 5.74) is 6.49. The van der Waals surface area contributed by atoms with E-state index in [0.29, 0.717) is 13.0 Å². The van der Waals surface area contributed by atoms with Crippen molar-refractivity contribution in [1.82, 2.24) is 10.6 Å². The highest BCUT2D eigenvalue weighted by Crippen LogP contribution is 2.24. The molecule has 4 N–H and O–H groups in total. The van der Waals surface area contributed by atoms with Crippen LogP contribution in [0.3, 0.4) is 0 Å². The fourth-order valence-corrected chi connectivity index (χ4v) is 2.84. The molecule has 0 unspecified atom stereocenters. The first-order valence-electron chi connectivity index (χ1n) is 9.64. The number of benzene rings is 1. The van der Waals surface area contributed by atoms with Crippen molar-refractivity contribution < 1.29 is 14.3 Å². The van der Waals surface area contributed by atoms with E-state index in [1.54, 1.807) is 7.11 Å². The number of nitrogens with two attached hydrogens (primary N) is 1. The summed E-state index contributed by atoms with van der Waals surface area (Å²) in [5, 5.41) is 6.10. The average Bonchev–Trinajstić information content (AvgIpc) is 2.71. The predicted molar refractivity (Wildman–Crippen MR) is 120 cm³/mol. The van der Waals surface area contributed by atoms with E-state index in [1.807, 2.05) is 18.2 Å². The first-order chi connectivity index (χ1) is 13.6. The number of hydrogen-bond acceptors (Lipinski definition) is 5. The number of carbonyl (C=O) groups is 1. The topological polar surface area (TPSA) is 85.6 Å². The van der Waals surface area contributed by atoms with Crippen molar-refractivity contribution in [2.24, 2.45) is 5.73 Å². The van der Waals surface area contributed by atoms with Crippen LogP contribution < -0.4 is 25.8 Å². The Kier molecular flexibility index (Phi) is 11.8. The fraction of sp³-hybridized carbons (Fsp3) is 0.500. The molecule has 1 aromatic rings. The summed E-state index contributed by atoms with van der Waals surface area (Å²) >= 11 is 0. The van der Waals surface area contributed by atoms with Crippen LogP contribution in [0.1, 0.15) is 37.7 Å². The van der Waals surface area contributed by atoms with Gasteiger partial charge in [0.1, 0.15) is 17.6 Å². The molecule has 1 aliphatic heterocycles. The predicted octanol–water partition coefficient (Wildman–Crippen LogP) is 1.54. The van der Waals surface area contributed by atoms with Crippen molar-refractivity contribution in [3.8, 4) is 35.7 Å². The number of methoxy groups -OCH3 is 1. The van der Waals surface area contributed by atoms with Gasteiger partial charge in [-0.2, -0.15) is 13.5 Å². The van der Waals surface area contributed by atoms with Crippen molar-refractivity contribution in [1.29, 1.82) is 0 Å². The van der Waals surface area contributed by atoms with Gasteiger partial charge in [-0.15, -0.1) is 12.3 Å². The summed E-state index contributed by atoms with van der Waals surface area (Å²) in [6.07, 6.45) is 9.00. The number of piperidine rings is 1. The number of rotatable bonds is 8. The molecule has 0 spiro atoms. The molecule has 0 saturated carbocycles. The minimum atomic E-state index is -0.647. The zero-order valence-corrected chi connectivity index (χ0v) is 17.9. The molecule has 2 rings (SSSR count). The van der Waals surface area contributed by atoms with Crippen LogP contribution in [0.15, 0.2) is 18.2 Å². The highest BCUT2D eigenvalue weighted by Gasteiger charge is 2.15. The summed E-state index contributed by atoms with van der Waals surface area (Å²) in [6, 6.07) is 5.08.